The molecule has 0 amide bonds. The number of nitrogens with one attached hydrogen (secondary N) is 1. The summed E-state index contributed by atoms with van der Waals surface area (Å²) in [6.45, 7) is 6.80. The molecule has 39 heavy (non-hydrogen) atoms. The van der Waals surface area contributed by atoms with Gasteiger partial charge in [0.1, 0.15) is 23.1 Å². The Bertz CT molecular complexity index is 1280. The summed E-state index contributed by atoms with van der Waals surface area (Å²) >= 11 is 6.11. The van der Waals surface area contributed by atoms with Crippen LogP contribution in [0.5, 0.6) is 11.5 Å². The summed E-state index contributed by atoms with van der Waals surface area (Å²) < 4.78 is 6.03. The number of hydrogen-bond acceptors (Lipinski definition) is 7. The van der Waals surface area contributed by atoms with Crippen molar-refractivity contribution in [2.75, 3.05) is 42.9 Å². The molecule has 2 aliphatic heterocycles. The molecule has 0 aliphatic carbocycles. The van der Waals surface area contributed by atoms with Crippen molar-refractivity contribution >= 4 is 29.1 Å². The molecule has 8 nitrogen and oxygen atoms in total. The number of hydrogen-bond donors (Lipinski definition) is 2. The molecule has 1 fully saturated rings. The summed E-state index contributed by atoms with van der Waals surface area (Å²) in [4.78, 5) is 25.1. The molecule has 0 radical (unpaired) electrons. The Labute approximate surface area is 235 Å². The summed E-state index contributed by atoms with van der Waals surface area (Å²) in [5, 5.41) is 13.2. The summed E-state index contributed by atoms with van der Waals surface area (Å²) in [6.07, 6.45) is 6.15. The Morgan fingerprint density at radius 2 is 1.87 bits per heavy atom. The van der Waals surface area contributed by atoms with Crippen LogP contribution in [0.25, 0.3) is 0 Å². The molecule has 1 aromatic heterocycles. The monoisotopic (exact) mass is 549 g/mol. The fourth-order valence-corrected chi connectivity index (χ4v) is 5.70. The van der Waals surface area contributed by atoms with Crippen LogP contribution in [-0.2, 0) is 4.79 Å². The zero-order chi connectivity index (χ0) is 27.2. The lowest BCUT2D eigenvalue weighted by Gasteiger charge is -2.39. The third-order valence-electron chi connectivity index (χ3n) is 7.54. The highest BCUT2D eigenvalue weighted by Gasteiger charge is 2.30. The normalized spacial score (nSPS) is 18.0. The van der Waals surface area contributed by atoms with Gasteiger partial charge < -0.3 is 25.0 Å². The summed E-state index contributed by atoms with van der Waals surface area (Å²) in [5.41, 5.74) is 2.11. The number of carboxylic acid groups (broad SMARTS) is 1. The lowest BCUT2D eigenvalue weighted by molar-refractivity contribution is -0.137. The van der Waals surface area contributed by atoms with Gasteiger partial charge in [-0.3, -0.25) is 4.79 Å². The second-order valence-corrected chi connectivity index (χ2v) is 10.9. The van der Waals surface area contributed by atoms with Gasteiger partial charge in [-0.2, -0.15) is 0 Å². The number of anilines is 2. The molecule has 1 unspecified atom stereocenters. The van der Waals surface area contributed by atoms with E-state index in [2.05, 4.69) is 26.2 Å². The van der Waals surface area contributed by atoms with E-state index in [9.17, 15) is 4.79 Å². The molecular formula is C30H36ClN5O3. The van der Waals surface area contributed by atoms with Gasteiger partial charge in [-0.25, -0.2) is 9.97 Å². The lowest BCUT2D eigenvalue weighted by Crippen LogP contribution is -2.42. The van der Waals surface area contributed by atoms with Crippen molar-refractivity contribution in [2.45, 2.75) is 45.1 Å². The van der Waals surface area contributed by atoms with E-state index in [0.29, 0.717) is 16.7 Å². The topological polar surface area (TPSA) is 90.8 Å². The van der Waals surface area contributed by atoms with Crippen molar-refractivity contribution in [3.63, 3.8) is 0 Å². The molecule has 9 heteroatoms. The van der Waals surface area contributed by atoms with Crippen molar-refractivity contribution < 1.29 is 14.6 Å². The zero-order valence-electron chi connectivity index (χ0n) is 22.4. The quantitative estimate of drug-likeness (QED) is 0.310. The van der Waals surface area contributed by atoms with E-state index in [-0.39, 0.29) is 12.5 Å². The average molecular weight is 550 g/mol. The van der Waals surface area contributed by atoms with Gasteiger partial charge in [0.25, 0.3) is 0 Å². The Morgan fingerprint density at radius 3 is 2.64 bits per heavy atom. The number of aryl methyl sites for hydroxylation is 1. The molecule has 5 rings (SSSR count). The molecule has 0 bridgehead atoms. The summed E-state index contributed by atoms with van der Waals surface area (Å²) in [7, 11) is 0. The van der Waals surface area contributed by atoms with Crippen LogP contribution in [0.15, 0.2) is 54.7 Å². The number of nitrogens with zero attached hydrogens (tertiary/aromatic N) is 4. The van der Waals surface area contributed by atoms with Gasteiger partial charge in [0.2, 0.25) is 0 Å². The highest BCUT2D eigenvalue weighted by molar-refractivity contribution is 6.30. The molecule has 3 heterocycles. The molecule has 1 atom stereocenters. The molecule has 2 aliphatic rings. The Hall–Kier alpha value is -3.36. The van der Waals surface area contributed by atoms with Crippen LogP contribution in [0.3, 0.4) is 0 Å². The van der Waals surface area contributed by atoms with Crippen LogP contribution >= 0.6 is 11.6 Å². The molecule has 2 aromatic carbocycles. The second kappa shape index (κ2) is 12.7. The largest absolute Gasteiger partial charge is 0.481 e. The second-order valence-electron chi connectivity index (χ2n) is 10.5. The number of aromatic nitrogens is 2. The Morgan fingerprint density at radius 1 is 1.10 bits per heavy atom. The van der Waals surface area contributed by atoms with E-state index in [1.165, 1.54) is 0 Å². The summed E-state index contributed by atoms with van der Waals surface area (Å²) in [6, 6.07) is 15.5. The number of carbonyl (C=O) groups is 1. The predicted molar refractivity (Wildman–Crippen MR) is 154 cm³/mol. The first-order valence-electron chi connectivity index (χ1n) is 13.8. The Balaban J connectivity index is 1.22. The number of fused-ring (bicyclic) bond motifs is 1. The fourth-order valence-electron chi connectivity index (χ4n) is 5.52. The molecule has 0 saturated carbocycles. The average Bonchev–Trinajstić information content (AvgIpc) is 2.91. The van der Waals surface area contributed by atoms with Crippen molar-refractivity contribution in [3.05, 3.63) is 71.1 Å². The van der Waals surface area contributed by atoms with E-state index in [4.69, 9.17) is 26.4 Å². The van der Waals surface area contributed by atoms with Crippen molar-refractivity contribution in [2.24, 2.45) is 5.92 Å². The smallest absolute Gasteiger partial charge is 0.303 e. The van der Waals surface area contributed by atoms with E-state index in [0.717, 1.165) is 87.0 Å². The number of halogens is 1. The van der Waals surface area contributed by atoms with Gasteiger partial charge >= 0.3 is 5.97 Å². The minimum absolute atomic E-state index is 0.106. The number of likely N-dealkylation sites (tertiary alicyclic amines) is 1. The molecule has 0 spiro atoms. The van der Waals surface area contributed by atoms with Gasteiger partial charge in [0.15, 0.2) is 0 Å². The minimum atomic E-state index is -0.711. The number of carboxylic acids is 1. The van der Waals surface area contributed by atoms with Gasteiger partial charge in [-0.1, -0.05) is 23.7 Å². The number of aliphatic carboxylic acids is 1. The number of benzene rings is 2. The maximum atomic E-state index is 10.8. The molecule has 2 N–H and O–H groups in total. The number of piperidine rings is 1. The third-order valence-corrected chi connectivity index (χ3v) is 7.77. The van der Waals surface area contributed by atoms with Crippen LogP contribution in [0.2, 0.25) is 5.02 Å². The van der Waals surface area contributed by atoms with Crippen LogP contribution < -0.4 is 15.0 Å². The molecule has 206 valence electrons. The predicted octanol–water partition coefficient (Wildman–Crippen LogP) is 6.17. The lowest BCUT2D eigenvalue weighted by atomic mass is 9.93. The van der Waals surface area contributed by atoms with Gasteiger partial charge in [0.05, 0.1) is 6.04 Å². The molecule has 3 aromatic rings. The van der Waals surface area contributed by atoms with Crippen molar-refractivity contribution in [1.82, 2.24) is 14.9 Å². The number of rotatable bonds is 10. The minimum Gasteiger partial charge on any atom is -0.481 e. The summed E-state index contributed by atoms with van der Waals surface area (Å²) in [5.74, 6) is 3.15. The van der Waals surface area contributed by atoms with Crippen molar-refractivity contribution in [1.29, 1.82) is 0 Å². The SMILES string of the molecule is Cc1ncc2c(n1)N(CC1CCN(CCCC(=O)O)CC1)CCC2Nc1cccc(Oc2cccc(Cl)c2)c1. The molecular weight excluding hydrogens is 514 g/mol. The third kappa shape index (κ3) is 7.40. The van der Waals surface area contributed by atoms with Crippen LogP contribution in [0, 0.1) is 12.8 Å². The van der Waals surface area contributed by atoms with Gasteiger partial charge in [-0.05, 0) is 88.5 Å². The van der Waals surface area contributed by atoms with Crippen LogP contribution in [-0.4, -0.2) is 58.7 Å². The maximum Gasteiger partial charge on any atom is 0.303 e. The Kier molecular flexibility index (Phi) is 8.84. The molecule has 1 saturated heterocycles. The van der Waals surface area contributed by atoms with Crippen LogP contribution in [0.1, 0.15) is 49.5 Å². The first-order chi connectivity index (χ1) is 18.9. The van der Waals surface area contributed by atoms with Crippen LogP contribution in [0.4, 0.5) is 11.5 Å². The van der Waals surface area contributed by atoms with Crippen molar-refractivity contribution in [3.8, 4) is 11.5 Å². The van der Waals surface area contributed by atoms with Gasteiger partial charge in [-0.15, -0.1) is 0 Å². The highest BCUT2D eigenvalue weighted by atomic mass is 35.5. The zero-order valence-corrected chi connectivity index (χ0v) is 23.1. The fraction of sp³-hybridized carbons (Fsp3) is 0.433. The standard InChI is InChI=1S/C30H36ClN5O3/c1-21-32-19-27-28(34-24-6-3-8-26(18-24)39-25-7-2-5-23(31)17-25)12-16-36(30(27)33-21)20-22-10-14-35(15-11-22)13-4-9-29(37)38/h2-3,5-8,17-19,22,28,34H,4,9-16,20H2,1H3,(H,37,38). The first kappa shape index (κ1) is 27.2. The van der Waals surface area contributed by atoms with E-state index in [1.807, 2.05) is 49.5 Å². The van der Waals surface area contributed by atoms with E-state index >= 15 is 0 Å². The van der Waals surface area contributed by atoms with E-state index < -0.39 is 5.97 Å². The number of ether oxygens (including phenoxy) is 1. The van der Waals surface area contributed by atoms with Gasteiger partial charge in [0, 0.05) is 48.0 Å². The highest BCUT2D eigenvalue weighted by Crippen LogP contribution is 2.36. The maximum absolute atomic E-state index is 10.8. The first-order valence-corrected chi connectivity index (χ1v) is 14.1. The van der Waals surface area contributed by atoms with E-state index in [1.54, 1.807) is 6.07 Å².